The Bertz CT molecular complexity index is 926. The number of aromatic nitrogens is 2. The van der Waals surface area contributed by atoms with Crippen LogP contribution in [0.3, 0.4) is 0 Å². The van der Waals surface area contributed by atoms with E-state index in [9.17, 15) is 14.3 Å². The fourth-order valence-electron chi connectivity index (χ4n) is 4.96. The van der Waals surface area contributed by atoms with E-state index in [4.69, 9.17) is 0 Å². The second kappa shape index (κ2) is 8.11. The van der Waals surface area contributed by atoms with Gasteiger partial charge in [-0.25, -0.2) is 9.07 Å². The van der Waals surface area contributed by atoms with Gasteiger partial charge in [-0.1, -0.05) is 25.0 Å². The average Bonchev–Trinajstić information content (AvgIpc) is 3.33. The lowest BCUT2D eigenvalue weighted by molar-refractivity contribution is -0.135. The van der Waals surface area contributed by atoms with Crippen molar-refractivity contribution < 1.29 is 14.3 Å². The molecule has 0 radical (unpaired) electrons. The van der Waals surface area contributed by atoms with Crippen LogP contribution in [-0.2, 0) is 11.2 Å². The lowest BCUT2D eigenvalue weighted by Gasteiger charge is -2.30. The van der Waals surface area contributed by atoms with Crippen molar-refractivity contribution in [3.05, 3.63) is 58.7 Å². The van der Waals surface area contributed by atoms with Crippen LogP contribution in [0.25, 0.3) is 5.69 Å². The first-order chi connectivity index (χ1) is 14.0. The van der Waals surface area contributed by atoms with Crippen LogP contribution in [0.15, 0.2) is 41.6 Å². The van der Waals surface area contributed by atoms with Gasteiger partial charge in [-0.05, 0) is 43.5 Å². The molecule has 2 atom stereocenters. The first-order valence-electron chi connectivity index (χ1n) is 10.5. The lowest BCUT2D eigenvalue weighted by atomic mass is 9.79. The van der Waals surface area contributed by atoms with E-state index in [-0.39, 0.29) is 30.2 Å². The van der Waals surface area contributed by atoms with Crippen LogP contribution < -0.4 is 0 Å². The maximum atomic E-state index is 13.3. The maximum absolute atomic E-state index is 13.3. The molecule has 5 nitrogen and oxygen atoms in total. The van der Waals surface area contributed by atoms with Crippen molar-refractivity contribution in [3.63, 3.8) is 0 Å². The molecule has 29 heavy (non-hydrogen) atoms. The van der Waals surface area contributed by atoms with Gasteiger partial charge in [0, 0.05) is 31.0 Å². The molecular formula is C23H28FN3O2. The van der Waals surface area contributed by atoms with Crippen LogP contribution in [0.1, 0.15) is 50.3 Å². The number of hydrogen-bond acceptors (Lipinski definition) is 3. The molecule has 0 bridgehead atoms. The predicted molar refractivity (Wildman–Crippen MR) is 109 cm³/mol. The molecule has 0 fully saturated rings. The summed E-state index contributed by atoms with van der Waals surface area (Å²) in [5.74, 6) is -0.0747. The van der Waals surface area contributed by atoms with Crippen LogP contribution in [0.2, 0.25) is 0 Å². The summed E-state index contributed by atoms with van der Waals surface area (Å²) in [5.41, 5.74) is 5.73. The third kappa shape index (κ3) is 3.50. The SMILES string of the molecule is CCCN(CCO)C(=O)[C@@H]1CCC2=C1[C@@H](C)c1cnn(-c3ccc(F)cc3)c1C2. The number of carbonyl (C=O) groups excluding carboxylic acids is 1. The average molecular weight is 397 g/mol. The first kappa shape index (κ1) is 19.8. The van der Waals surface area contributed by atoms with E-state index in [0.29, 0.717) is 13.1 Å². The fourth-order valence-corrected chi connectivity index (χ4v) is 4.96. The molecule has 1 aromatic carbocycles. The molecule has 1 aromatic heterocycles. The van der Waals surface area contributed by atoms with Crippen LogP contribution in [0, 0.1) is 11.7 Å². The first-order valence-corrected chi connectivity index (χ1v) is 10.5. The number of amides is 1. The summed E-state index contributed by atoms with van der Waals surface area (Å²) < 4.78 is 15.2. The van der Waals surface area contributed by atoms with Gasteiger partial charge in [0.1, 0.15) is 5.82 Å². The van der Waals surface area contributed by atoms with Gasteiger partial charge < -0.3 is 10.0 Å². The van der Waals surface area contributed by atoms with Crippen molar-refractivity contribution in [3.8, 4) is 5.69 Å². The van der Waals surface area contributed by atoms with E-state index in [2.05, 4.69) is 18.9 Å². The Kier molecular flexibility index (Phi) is 5.54. The number of benzene rings is 1. The van der Waals surface area contributed by atoms with Crippen molar-refractivity contribution in [2.24, 2.45) is 5.92 Å². The van der Waals surface area contributed by atoms with Crippen LogP contribution in [-0.4, -0.2) is 45.4 Å². The highest BCUT2D eigenvalue weighted by atomic mass is 19.1. The molecule has 0 saturated carbocycles. The number of halogens is 1. The summed E-state index contributed by atoms with van der Waals surface area (Å²) in [6.07, 6.45) is 5.32. The molecule has 2 aliphatic carbocycles. The Labute approximate surface area is 170 Å². The zero-order valence-corrected chi connectivity index (χ0v) is 17.1. The van der Waals surface area contributed by atoms with Crippen molar-refractivity contribution in [1.82, 2.24) is 14.7 Å². The molecule has 2 aromatic rings. The highest BCUT2D eigenvalue weighted by Crippen LogP contribution is 2.47. The summed E-state index contributed by atoms with van der Waals surface area (Å²) in [7, 11) is 0. The fraction of sp³-hybridized carbons (Fsp3) is 0.478. The number of aliphatic hydroxyl groups excluding tert-OH is 1. The molecule has 6 heteroatoms. The smallest absolute Gasteiger partial charge is 0.229 e. The third-order valence-electron chi connectivity index (χ3n) is 6.28. The third-order valence-corrected chi connectivity index (χ3v) is 6.28. The van der Waals surface area contributed by atoms with Gasteiger partial charge in [0.15, 0.2) is 0 Å². The summed E-state index contributed by atoms with van der Waals surface area (Å²) in [6.45, 7) is 5.28. The van der Waals surface area contributed by atoms with Gasteiger partial charge in [0.2, 0.25) is 5.91 Å². The molecule has 0 aliphatic heterocycles. The highest BCUT2D eigenvalue weighted by Gasteiger charge is 2.40. The molecule has 154 valence electrons. The Morgan fingerprint density at radius 2 is 2.07 bits per heavy atom. The predicted octanol–water partition coefficient (Wildman–Crippen LogP) is 3.61. The Hall–Kier alpha value is -2.47. The second-order valence-electron chi connectivity index (χ2n) is 8.03. The van der Waals surface area contributed by atoms with Crippen LogP contribution in [0.4, 0.5) is 4.39 Å². The number of carbonyl (C=O) groups is 1. The number of nitrogens with zero attached hydrogens (tertiary/aromatic N) is 3. The minimum absolute atomic E-state index is 0.00545. The molecular weight excluding hydrogens is 369 g/mol. The van der Waals surface area contributed by atoms with Crippen molar-refractivity contribution in [1.29, 1.82) is 0 Å². The molecule has 4 rings (SSSR count). The molecule has 1 N–H and O–H groups in total. The Morgan fingerprint density at radius 1 is 1.31 bits per heavy atom. The van der Waals surface area contributed by atoms with E-state index in [1.807, 2.05) is 15.8 Å². The largest absolute Gasteiger partial charge is 0.395 e. The summed E-state index contributed by atoms with van der Waals surface area (Å²) in [5, 5.41) is 13.9. The van der Waals surface area contributed by atoms with Gasteiger partial charge in [-0.15, -0.1) is 0 Å². The Balaban J connectivity index is 1.63. The zero-order valence-electron chi connectivity index (χ0n) is 17.1. The topological polar surface area (TPSA) is 58.4 Å². The quantitative estimate of drug-likeness (QED) is 0.758. The number of hydrogen-bond donors (Lipinski definition) is 1. The van der Waals surface area contributed by atoms with Crippen molar-refractivity contribution in [2.75, 3.05) is 19.7 Å². The molecule has 0 spiro atoms. The van der Waals surface area contributed by atoms with Gasteiger partial charge >= 0.3 is 0 Å². The normalized spacial score (nSPS) is 20.6. The van der Waals surface area contributed by atoms with Gasteiger partial charge in [-0.2, -0.15) is 5.10 Å². The van der Waals surface area contributed by atoms with E-state index < -0.39 is 0 Å². The number of fused-ring (bicyclic) bond motifs is 1. The second-order valence-corrected chi connectivity index (χ2v) is 8.03. The molecule has 0 unspecified atom stereocenters. The summed E-state index contributed by atoms with van der Waals surface area (Å²) in [6, 6.07) is 6.40. The highest BCUT2D eigenvalue weighted by molar-refractivity contribution is 5.83. The zero-order chi connectivity index (χ0) is 20.5. The van der Waals surface area contributed by atoms with Crippen molar-refractivity contribution >= 4 is 5.91 Å². The van der Waals surface area contributed by atoms with E-state index >= 15 is 0 Å². The minimum Gasteiger partial charge on any atom is -0.395 e. The molecule has 2 aliphatic rings. The standard InChI is InChI=1S/C23H28FN3O2/c1-3-10-26(11-12-28)23(29)19-9-4-16-13-21-20(15(2)22(16)19)14-25-27(21)18-7-5-17(24)6-8-18/h5-8,14-15,19,28H,3-4,9-13H2,1-2H3/t15-,19+/m0/s1. The number of rotatable bonds is 6. The van der Waals surface area contributed by atoms with E-state index in [0.717, 1.165) is 42.6 Å². The summed E-state index contributed by atoms with van der Waals surface area (Å²) in [4.78, 5) is 15.0. The van der Waals surface area contributed by atoms with E-state index in [1.165, 1.54) is 23.3 Å². The Morgan fingerprint density at radius 3 is 2.76 bits per heavy atom. The number of allylic oxidation sites excluding steroid dienone is 1. The van der Waals surface area contributed by atoms with Gasteiger partial charge in [-0.3, -0.25) is 4.79 Å². The summed E-state index contributed by atoms with van der Waals surface area (Å²) >= 11 is 0. The lowest BCUT2D eigenvalue weighted by Crippen LogP contribution is -2.39. The van der Waals surface area contributed by atoms with Crippen LogP contribution in [0.5, 0.6) is 0 Å². The van der Waals surface area contributed by atoms with Gasteiger partial charge in [0.05, 0.1) is 30.1 Å². The molecule has 0 saturated heterocycles. The number of aliphatic hydroxyl groups is 1. The van der Waals surface area contributed by atoms with Crippen molar-refractivity contribution in [2.45, 2.75) is 45.4 Å². The molecule has 1 amide bonds. The minimum atomic E-state index is -0.259. The van der Waals surface area contributed by atoms with Gasteiger partial charge in [0.25, 0.3) is 0 Å². The van der Waals surface area contributed by atoms with E-state index in [1.54, 1.807) is 12.1 Å². The van der Waals surface area contributed by atoms with Crippen LogP contribution >= 0.6 is 0 Å². The maximum Gasteiger partial charge on any atom is 0.229 e. The molecule has 1 heterocycles. The monoisotopic (exact) mass is 397 g/mol.